The SMILES string of the molecule is COC1(Cc2nccn2C)CN(C(=O)Cc2nc(-c3ccc(F)cc3)ccc2N)C1. The number of nitrogen functional groups attached to an aromatic ring is 1. The quantitative estimate of drug-likeness (QED) is 0.675. The third kappa shape index (κ3) is 3.91. The monoisotopic (exact) mass is 409 g/mol. The Morgan fingerprint density at radius 2 is 1.97 bits per heavy atom. The van der Waals surface area contributed by atoms with Gasteiger partial charge in [0.1, 0.15) is 17.2 Å². The number of carbonyl (C=O) groups is 1. The van der Waals surface area contributed by atoms with Crippen molar-refractivity contribution in [3.8, 4) is 11.3 Å². The maximum absolute atomic E-state index is 13.2. The molecule has 1 aliphatic heterocycles. The van der Waals surface area contributed by atoms with Crippen LogP contribution in [0.15, 0.2) is 48.8 Å². The molecule has 3 heterocycles. The number of benzene rings is 1. The molecule has 0 saturated carbocycles. The largest absolute Gasteiger partial charge is 0.397 e. The fraction of sp³-hybridized carbons (Fsp3) is 0.318. The highest BCUT2D eigenvalue weighted by molar-refractivity contribution is 5.81. The van der Waals surface area contributed by atoms with Gasteiger partial charge in [0, 0.05) is 38.5 Å². The average Bonchev–Trinajstić information content (AvgIpc) is 3.11. The first-order valence-corrected chi connectivity index (χ1v) is 9.69. The van der Waals surface area contributed by atoms with E-state index in [1.165, 1.54) is 12.1 Å². The summed E-state index contributed by atoms with van der Waals surface area (Å²) in [5.41, 5.74) is 8.02. The summed E-state index contributed by atoms with van der Waals surface area (Å²) in [6.45, 7) is 0.986. The van der Waals surface area contributed by atoms with Gasteiger partial charge in [0.2, 0.25) is 5.91 Å². The van der Waals surface area contributed by atoms with E-state index in [9.17, 15) is 9.18 Å². The van der Waals surface area contributed by atoms with Crippen LogP contribution < -0.4 is 5.73 Å². The number of hydrogen-bond donors (Lipinski definition) is 1. The Hall–Kier alpha value is -3.26. The van der Waals surface area contributed by atoms with Crippen LogP contribution in [0.4, 0.5) is 10.1 Å². The second kappa shape index (κ2) is 7.87. The summed E-state index contributed by atoms with van der Waals surface area (Å²) in [6, 6.07) is 9.56. The van der Waals surface area contributed by atoms with E-state index < -0.39 is 5.60 Å². The van der Waals surface area contributed by atoms with Crippen molar-refractivity contribution in [3.05, 3.63) is 66.1 Å². The zero-order valence-electron chi connectivity index (χ0n) is 17.0. The lowest BCUT2D eigenvalue weighted by atomic mass is 9.89. The topological polar surface area (TPSA) is 86.3 Å². The Balaban J connectivity index is 1.44. The minimum atomic E-state index is -0.427. The Bertz CT molecular complexity index is 1060. The predicted octanol–water partition coefficient (Wildman–Crippen LogP) is 2.22. The number of ether oxygens (including phenoxy) is 1. The first-order chi connectivity index (χ1) is 14.4. The molecule has 0 atom stereocenters. The Morgan fingerprint density at radius 3 is 2.60 bits per heavy atom. The highest BCUT2D eigenvalue weighted by atomic mass is 19.1. The van der Waals surface area contributed by atoms with Crippen molar-refractivity contribution >= 4 is 11.6 Å². The normalized spacial score (nSPS) is 15.1. The van der Waals surface area contributed by atoms with Crippen LogP contribution in [0.25, 0.3) is 11.3 Å². The third-order valence-corrected chi connectivity index (χ3v) is 5.61. The molecule has 30 heavy (non-hydrogen) atoms. The maximum Gasteiger partial charge on any atom is 0.228 e. The van der Waals surface area contributed by atoms with Gasteiger partial charge in [0.05, 0.1) is 36.6 Å². The van der Waals surface area contributed by atoms with Crippen molar-refractivity contribution in [3.63, 3.8) is 0 Å². The lowest BCUT2D eigenvalue weighted by Crippen LogP contribution is -2.66. The average molecular weight is 409 g/mol. The Morgan fingerprint density at radius 1 is 1.23 bits per heavy atom. The molecule has 156 valence electrons. The van der Waals surface area contributed by atoms with Gasteiger partial charge in [-0.25, -0.2) is 9.37 Å². The number of amides is 1. The van der Waals surface area contributed by atoms with Gasteiger partial charge in [0.15, 0.2) is 0 Å². The molecule has 1 aromatic carbocycles. The number of aromatic nitrogens is 3. The molecular formula is C22H24FN5O2. The van der Waals surface area contributed by atoms with E-state index in [4.69, 9.17) is 10.5 Å². The number of methoxy groups -OCH3 is 1. The van der Waals surface area contributed by atoms with Gasteiger partial charge < -0.3 is 19.9 Å². The van der Waals surface area contributed by atoms with Crippen molar-refractivity contribution in [2.45, 2.75) is 18.4 Å². The molecule has 0 radical (unpaired) electrons. The van der Waals surface area contributed by atoms with Gasteiger partial charge in [-0.2, -0.15) is 0 Å². The molecule has 1 amide bonds. The number of nitrogens with zero attached hydrogens (tertiary/aromatic N) is 4. The zero-order valence-corrected chi connectivity index (χ0v) is 17.0. The maximum atomic E-state index is 13.2. The molecular weight excluding hydrogens is 385 g/mol. The highest BCUT2D eigenvalue weighted by Crippen LogP contribution is 2.29. The van der Waals surface area contributed by atoms with Crippen molar-refractivity contribution < 1.29 is 13.9 Å². The number of carbonyl (C=O) groups excluding carboxylic acids is 1. The number of likely N-dealkylation sites (tertiary alicyclic amines) is 1. The lowest BCUT2D eigenvalue weighted by Gasteiger charge is -2.49. The van der Waals surface area contributed by atoms with E-state index in [0.717, 1.165) is 11.4 Å². The number of pyridine rings is 1. The van der Waals surface area contributed by atoms with E-state index in [2.05, 4.69) is 9.97 Å². The van der Waals surface area contributed by atoms with Crippen LogP contribution >= 0.6 is 0 Å². The second-order valence-corrected chi connectivity index (χ2v) is 7.68. The van der Waals surface area contributed by atoms with Crippen LogP contribution in [0.1, 0.15) is 11.5 Å². The highest BCUT2D eigenvalue weighted by Gasteiger charge is 2.46. The molecule has 1 saturated heterocycles. The van der Waals surface area contributed by atoms with Crippen LogP contribution in [0.3, 0.4) is 0 Å². The van der Waals surface area contributed by atoms with Crippen molar-refractivity contribution in [1.82, 2.24) is 19.4 Å². The summed E-state index contributed by atoms with van der Waals surface area (Å²) in [5, 5.41) is 0. The Labute approximate surface area is 174 Å². The summed E-state index contributed by atoms with van der Waals surface area (Å²) < 4.78 is 20.9. The van der Waals surface area contributed by atoms with Gasteiger partial charge in [-0.1, -0.05) is 0 Å². The van der Waals surface area contributed by atoms with Gasteiger partial charge in [-0.15, -0.1) is 0 Å². The molecule has 4 rings (SSSR count). The third-order valence-electron chi connectivity index (χ3n) is 5.61. The van der Waals surface area contributed by atoms with E-state index in [-0.39, 0.29) is 18.1 Å². The molecule has 0 bridgehead atoms. The molecule has 2 aromatic heterocycles. The molecule has 0 unspecified atom stereocenters. The second-order valence-electron chi connectivity index (χ2n) is 7.68. The molecule has 0 spiro atoms. The van der Waals surface area contributed by atoms with Gasteiger partial charge in [0.25, 0.3) is 0 Å². The number of rotatable bonds is 6. The molecule has 3 aromatic rings. The fourth-order valence-corrected chi connectivity index (χ4v) is 3.68. The number of anilines is 1. The number of imidazole rings is 1. The summed E-state index contributed by atoms with van der Waals surface area (Å²) >= 11 is 0. The molecule has 0 aliphatic carbocycles. The van der Waals surface area contributed by atoms with E-state index >= 15 is 0 Å². The van der Waals surface area contributed by atoms with Crippen molar-refractivity contribution in [1.29, 1.82) is 0 Å². The van der Waals surface area contributed by atoms with Gasteiger partial charge in [-0.3, -0.25) is 9.78 Å². The number of halogens is 1. The summed E-state index contributed by atoms with van der Waals surface area (Å²) in [4.78, 5) is 23.5. The zero-order chi connectivity index (χ0) is 21.3. The number of nitrogens with two attached hydrogens (primary N) is 1. The molecule has 2 N–H and O–H groups in total. The number of aryl methyl sites for hydroxylation is 1. The molecule has 1 fully saturated rings. The van der Waals surface area contributed by atoms with Crippen LogP contribution in [-0.4, -0.2) is 51.1 Å². The fourth-order valence-electron chi connectivity index (χ4n) is 3.68. The first kappa shape index (κ1) is 20.0. The summed E-state index contributed by atoms with van der Waals surface area (Å²) in [5.74, 6) is 0.550. The summed E-state index contributed by atoms with van der Waals surface area (Å²) in [7, 11) is 3.60. The first-order valence-electron chi connectivity index (χ1n) is 9.69. The van der Waals surface area contributed by atoms with Crippen LogP contribution in [0, 0.1) is 5.82 Å². The van der Waals surface area contributed by atoms with Crippen LogP contribution in [-0.2, 0) is 29.4 Å². The standard InChI is InChI=1S/C22H24FN5O2/c1-27-10-9-25-20(27)12-22(30-2)13-28(14-22)21(29)11-19-17(24)7-8-18(26-19)15-3-5-16(23)6-4-15/h3-10H,11-14,24H2,1-2H3. The van der Waals surface area contributed by atoms with Crippen molar-refractivity contribution in [2.75, 3.05) is 25.9 Å². The number of hydrogen-bond acceptors (Lipinski definition) is 5. The van der Waals surface area contributed by atoms with Crippen LogP contribution in [0.2, 0.25) is 0 Å². The molecule has 8 heteroatoms. The van der Waals surface area contributed by atoms with Gasteiger partial charge >= 0.3 is 0 Å². The summed E-state index contributed by atoms with van der Waals surface area (Å²) in [6.07, 6.45) is 4.38. The molecule has 1 aliphatic rings. The smallest absolute Gasteiger partial charge is 0.228 e. The minimum Gasteiger partial charge on any atom is -0.397 e. The van der Waals surface area contributed by atoms with E-state index in [1.54, 1.807) is 42.5 Å². The van der Waals surface area contributed by atoms with Crippen molar-refractivity contribution in [2.24, 2.45) is 7.05 Å². The predicted molar refractivity (Wildman–Crippen MR) is 111 cm³/mol. The van der Waals surface area contributed by atoms with E-state index in [1.807, 2.05) is 17.8 Å². The van der Waals surface area contributed by atoms with Crippen LogP contribution in [0.5, 0.6) is 0 Å². The molecule has 7 nitrogen and oxygen atoms in total. The minimum absolute atomic E-state index is 0.0574. The Kier molecular flexibility index (Phi) is 5.26. The van der Waals surface area contributed by atoms with Gasteiger partial charge in [-0.05, 0) is 36.4 Å². The van der Waals surface area contributed by atoms with E-state index in [0.29, 0.717) is 36.6 Å². The lowest BCUT2D eigenvalue weighted by molar-refractivity contribution is -0.161.